The number of benzene rings is 2. The third-order valence-corrected chi connectivity index (χ3v) is 7.22. The first kappa shape index (κ1) is 27.8. The van der Waals surface area contributed by atoms with Gasteiger partial charge in [-0.3, -0.25) is 24.2 Å². The van der Waals surface area contributed by atoms with Gasteiger partial charge in [-0.15, -0.1) is 0 Å². The Morgan fingerprint density at radius 2 is 1.71 bits per heavy atom. The van der Waals surface area contributed by atoms with Gasteiger partial charge in [-0.2, -0.15) is 0 Å². The van der Waals surface area contributed by atoms with Crippen molar-refractivity contribution in [3.8, 4) is 0 Å². The SMILES string of the molecule is O=C(O)CC(NC(=O)c1ccc(N2CCN(C(=O)C3CC3)CC2)c(NC(=O)c2cccc(F)c2)c1)c1cccnc1. The van der Waals surface area contributed by atoms with Crippen LogP contribution in [0.15, 0.2) is 67.0 Å². The molecule has 2 aromatic carbocycles. The number of nitrogens with one attached hydrogen (secondary N) is 2. The normalized spacial score (nSPS) is 15.6. The molecule has 1 aliphatic carbocycles. The first-order chi connectivity index (χ1) is 19.8. The summed E-state index contributed by atoms with van der Waals surface area (Å²) in [6.45, 7) is 2.15. The molecule has 1 unspecified atom stereocenters. The van der Waals surface area contributed by atoms with Crippen molar-refractivity contribution < 1.29 is 28.7 Å². The number of carbonyl (C=O) groups is 4. The van der Waals surface area contributed by atoms with Crippen molar-refractivity contribution in [2.75, 3.05) is 36.4 Å². The summed E-state index contributed by atoms with van der Waals surface area (Å²) in [5, 5.41) is 15.0. The molecule has 2 heterocycles. The molecule has 10 nitrogen and oxygen atoms in total. The molecule has 1 aromatic heterocycles. The van der Waals surface area contributed by atoms with Gasteiger partial charge in [0.15, 0.2) is 0 Å². The van der Waals surface area contributed by atoms with Crippen LogP contribution in [-0.4, -0.2) is 64.9 Å². The molecule has 3 N–H and O–H groups in total. The number of aromatic nitrogens is 1. The van der Waals surface area contributed by atoms with Crippen LogP contribution in [0.4, 0.5) is 15.8 Å². The minimum absolute atomic E-state index is 0.115. The number of halogens is 1. The number of anilines is 2. The zero-order valence-electron chi connectivity index (χ0n) is 22.3. The third-order valence-electron chi connectivity index (χ3n) is 7.22. The van der Waals surface area contributed by atoms with E-state index in [0.717, 1.165) is 18.9 Å². The van der Waals surface area contributed by atoms with Crippen LogP contribution >= 0.6 is 0 Å². The number of aliphatic carboxylic acids is 1. The van der Waals surface area contributed by atoms with Crippen molar-refractivity contribution in [1.29, 1.82) is 0 Å². The molecule has 2 aliphatic rings. The van der Waals surface area contributed by atoms with Crippen molar-refractivity contribution in [2.24, 2.45) is 5.92 Å². The Morgan fingerprint density at radius 3 is 2.37 bits per heavy atom. The minimum atomic E-state index is -1.09. The van der Waals surface area contributed by atoms with Crippen molar-refractivity contribution >= 4 is 35.1 Å². The molecule has 11 heteroatoms. The molecule has 1 saturated carbocycles. The number of hydrogen-bond acceptors (Lipinski definition) is 6. The summed E-state index contributed by atoms with van der Waals surface area (Å²) in [5.74, 6) is -2.41. The number of carbonyl (C=O) groups excluding carboxylic acids is 3. The smallest absolute Gasteiger partial charge is 0.305 e. The van der Waals surface area contributed by atoms with Crippen molar-refractivity contribution in [3.63, 3.8) is 0 Å². The Morgan fingerprint density at radius 1 is 0.951 bits per heavy atom. The fourth-order valence-electron chi connectivity index (χ4n) is 4.88. The van der Waals surface area contributed by atoms with Gasteiger partial charge in [-0.25, -0.2) is 4.39 Å². The predicted octanol–water partition coefficient (Wildman–Crippen LogP) is 3.48. The molecule has 0 spiro atoms. The van der Waals surface area contributed by atoms with Gasteiger partial charge in [0.25, 0.3) is 11.8 Å². The van der Waals surface area contributed by atoms with Crippen LogP contribution in [0.25, 0.3) is 0 Å². The van der Waals surface area contributed by atoms with Crippen molar-refractivity contribution in [3.05, 3.63) is 89.5 Å². The Kier molecular flexibility index (Phi) is 8.23. The molecule has 212 valence electrons. The maximum atomic E-state index is 13.8. The van der Waals surface area contributed by atoms with Gasteiger partial charge >= 0.3 is 5.97 Å². The predicted molar refractivity (Wildman–Crippen MR) is 149 cm³/mol. The number of piperazine rings is 1. The highest BCUT2D eigenvalue weighted by molar-refractivity contribution is 6.07. The highest BCUT2D eigenvalue weighted by Crippen LogP contribution is 2.33. The monoisotopic (exact) mass is 559 g/mol. The maximum absolute atomic E-state index is 13.8. The van der Waals surface area contributed by atoms with Crippen LogP contribution in [0, 0.1) is 11.7 Å². The van der Waals surface area contributed by atoms with Crippen LogP contribution in [0.1, 0.15) is 51.6 Å². The van der Waals surface area contributed by atoms with E-state index in [4.69, 9.17) is 0 Å². The molecule has 2 fully saturated rings. The number of rotatable bonds is 9. The van der Waals surface area contributed by atoms with E-state index in [1.165, 1.54) is 30.5 Å². The van der Waals surface area contributed by atoms with Gasteiger partial charge in [0.05, 0.1) is 23.8 Å². The van der Waals surface area contributed by atoms with E-state index in [2.05, 4.69) is 15.6 Å². The Balaban J connectivity index is 1.39. The first-order valence-corrected chi connectivity index (χ1v) is 13.5. The lowest BCUT2D eigenvalue weighted by Gasteiger charge is -2.37. The fraction of sp³-hybridized carbons (Fsp3) is 0.300. The van der Waals surface area contributed by atoms with Gasteiger partial charge in [-0.05, 0) is 60.9 Å². The fourth-order valence-corrected chi connectivity index (χ4v) is 4.88. The third kappa shape index (κ3) is 6.86. The lowest BCUT2D eigenvalue weighted by molar-refractivity contribution is -0.137. The zero-order chi connectivity index (χ0) is 28.9. The van der Waals surface area contributed by atoms with Crippen molar-refractivity contribution in [2.45, 2.75) is 25.3 Å². The average Bonchev–Trinajstić information content (AvgIpc) is 3.82. The Labute approximate surface area is 236 Å². The minimum Gasteiger partial charge on any atom is -0.481 e. The summed E-state index contributed by atoms with van der Waals surface area (Å²) < 4.78 is 13.8. The van der Waals surface area contributed by atoms with E-state index >= 15 is 0 Å². The second-order valence-electron chi connectivity index (χ2n) is 10.2. The number of carboxylic acid groups (broad SMARTS) is 1. The summed E-state index contributed by atoms with van der Waals surface area (Å²) in [4.78, 5) is 58.3. The van der Waals surface area contributed by atoms with Crippen LogP contribution in [0.5, 0.6) is 0 Å². The standard InChI is InChI=1S/C30H30FN5O5/c31-23-5-1-3-20(15-23)28(39)34-25-16-21(29(40)33-24(17-27(37)38)22-4-2-10-32-18-22)8-9-26(25)35-11-13-36(14-12-35)30(41)19-6-7-19/h1-5,8-10,15-16,18-19,24H,6-7,11-14,17H2,(H,33,40)(H,34,39)(H,37,38). The van der Waals surface area contributed by atoms with E-state index in [9.17, 15) is 28.7 Å². The highest BCUT2D eigenvalue weighted by Gasteiger charge is 2.35. The topological polar surface area (TPSA) is 132 Å². The lowest BCUT2D eigenvalue weighted by atomic mass is 10.0. The van der Waals surface area contributed by atoms with Crippen LogP contribution in [0.2, 0.25) is 0 Å². The lowest BCUT2D eigenvalue weighted by Crippen LogP contribution is -2.49. The van der Waals surface area contributed by atoms with Gasteiger partial charge in [0, 0.05) is 55.6 Å². The highest BCUT2D eigenvalue weighted by atomic mass is 19.1. The number of carboxylic acids is 1. The first-order valence-electron chi connectivity index (χ1n) is 13.5. The molecular weight excluding hydrogens is 529 g/mol. The van der Waals surface area contributed by atoms with Crippen LogP contribution in [-0.2, 0) is 9.59 Å². The molecule has 5 rings (SSSR count). The van der Waals surface area contributed by atoms with Gasteiger partial charge < -0.3 is 25.5 Å². The van der Waals surface area contributed by atoms with Gasteiger partial charge in [0.2, 0.25) is 5.91 Å². The molecule has 3 aromatic rings. The van der Waals surface area contributed by atoms with E-state index in [1.807, 2.05) is 9.80 Å². The summed E-state index contributed by atoms with van der Waals surface area (Å²) in [6, 6.07) is 12.6. The van der Waals surface area contributed by atoms with E-state index in [0.29, 0.717) is 43.1 Å². The van der Waals surface area contributed by atoms with Crippen LogP contribution < -0.4 is 15.5 Å². The van der Waals surface area contributed by atoms with E-state index in [-0.39, 0.29) is 29.4 Å². The van der Waals surface area contributed by atoms with Crippen molar-refractivity contribution in [1.82, 2.24) is 15.2 Å². The quantitative estimate of drug-likeness (QED) is 0.366. The summed E-state index contributed by atoms with van der Waals surface area (Å²) >= 11 is 0. The molecule has 0 bridgehead atoms. The second-order valence-corrected chi connectivity index (χ2v) is 10.2. The van der Waals surface area contributed by atoms with Crippen LogP contribution in [0.3, 0.4) is 0 Å². The summed E-state index contributed by atoms with van der Waals surface area (Å²) in [6.07, 6.45) is 4.58. The largest absolute Gasteiger partial charge is 0.481 e. The van der Waals surface area contributed by atoms with Gasteiger partial charge in [-0.1, -0.05) is 12.1 Å². The molecule has 0 radical (unpaired) electrons. The van der Waals surface area contributed by atoms with E-state index in [1.54, 1.807) is 30.5 Å². The number of pyridine rings is 1. The average molecular weight is 560 g/mol. The molecule has 41 heavy (non-hydrogen) atoms. The zero-order valence-corrected chi connectivity index (χ0v) is 22.3. The van der Waals surface area contributed by atoms with Gasteiger partial charge in [0.1, 0.15) is 5.82 Å². The molecule has 1 aliphatic heterocycles. The van der Waals surface area contributed by atoms with E-state index < -0.39 is 29.6 Å². The number of nitrogens with zero attached hydrogens (tertiary/aromatic N) is 3. The summed E-state index contributed by atoms with van der Waals surface area (Å²) in [5.41, 5.74) is 1.84. The maximum Gasteiger partial charge on any atom is 0.305 e. The molecule has 1 atom stereocenters. The molecule has 3 amide bonds. The molecule has 1 saturated heterocycles. The second kappa shape index (κ2) is 12.2. The number of hydrogen-bond donors (Lipinski definition) is 3. The number of amides is 3. The summed E-state index contributed by atoms with van der Waals surface area (Å²) in [7, 11) is 0. The Bertz CT molecular complexity index is 1450. The molecular formula is C30H30FN5O5. The Hall–Kier alpha value is -4.80.